The molecule has 1 amide bonds. The van der Waals surface area contributed by atoms with Crippen LogP contribution < -0.4 is 0 Å². The highest BCUT2D eigenvalue weighted by Gasteiger charge is 2.24. The number of hydrogen-bond acceptors (Lipinski definition) is 3. The van der Waals surface area contributed by atoms with Crippen LogP contribution in [0.2, 0.25) is 0 Å². The van der Waals surface area contributed by atoms with Gasteiger partial charge in [0.05, 0.1) is 9.35 Å². The second-order valence-corrected chi connectivity index (χ2v) is 7.95. The third kappa shape index (κ3) is 3.97. The Hall–Kier alpha value is -1.31. The number of carbonyl (C=O) groups is 1. The standard InChI is InChI=1S/C16H15BrF2N2OS/c17-15-4-2-12(23-15)10-20-5-7-21(8-6-20)16(22)13-3-1-11(18)9-14(13)19/h1-4,9H,5-8,10H2. The van der Waals surface area contributed by atoms with E-state index in [-0.39, 0.29) is 11.5 Å². The molecule has 0 unspecified atom stereocenters. The predicted octanol–water partition coefficient (Wildman–Crippen LogP) is 3.75. The van der Waals surface area contributed by atoms with Gasteiger partial charge < -0.3 is 4.90 Å². The Kier molecular flexibility index (Phi) is 5.08. The molecule has 0 aliphatic carbocycles. The third-order valence-electron chi connectivity index (χ3n) is 3.83. The molecule has 1 aliphatic heterocycles. The molecule has 23 heavy (non-hydrogen) atoms. The molecular formula is C16H15BrF2N2OS. The van der Waals surface area contributed by atoms with E-state index in [1.807, 2.05) is 6.07 Å². The molecule has 0 N–H and O–H groups in total. The number of rotatable bonds is 3. The minimum Gasteiger partial charge on any atom is -0.336 e. The molecule has 1 aromatic heterocycles. The third-order valence-corrected chi connectivity index (χ3v) is 5.44. The molecule has 0 bridgehead atoms. The summed E-state index contributed by atoms with van der Waals surface area (Å²) in [6.45, 7) is 3.42. The van der Waals surface area contributed by atoms with Crippen LogP contribution in [-0.4, -0.2) is 41.9 Å². The topological polar surface area (TPSA) is 23.6 Å². The summed E-state index contributed by atoms with van der Waals surface area (Å²) in [5.74, 6) is -1.85. The molecule has 2 heterocycles. The maximum atomic E-state index is 13.7. The highest BCUT2D eigenvalue weighted by molar-refractivity contribution is 9.11. The predicted molar refractivity (Wildman–Crippen MR) is 89.6 cm³/mol. The molecule has 0 spiro atoms. The monoisotopic (exact) mass is 400 g/mol. The van der Waals surface area contributed by atoms with Crippen molar-refractivity contribution >= 4 is 33.2 Å². The lowest BCUT2D eigenvalue weighted by Crippen LogP contribution is -2.48. The fourth-order valence-corrected chi connectivity index (χ4v) is 4.13. The van der Waals surface area contributed by atoms with E-state index < -0.39 is 11.6 Å². The molecule has 1 aromatic carbocycles. The lowest BCUT2D eigenvalue weighted by atomic mass is 10.1. The van der Waals surface area contributed by atoms with Crippen LogP contribution in [0.5, 0.6) is 0 Å². The minimum atomic E-state index is -0.805. The van der Waals surface area contributed by atoms with Gasteiger partial charge in [-0.3, -0.25) is 9.69 Å². The van der Waals surface area contributed by atoms with E-state index >= 15 is 0 Å². The number of thiophene rings is 1. The van der Waals surface area contributed by atoms with Crippen LogP contribution in [0.4, 0.5) is 8.78 Å². The Morgan fingerprint density at radius 3 is 2.48 bits per heavy atom. The summed E-state index contributed by atoms with van der Waals surface area (Å²) in [7, 11) is 0. The zero-order valence-electron chi connectivity index (χ0n) is 12.3. The maximum absolute atomic E-state index is 13.7. The van der Waals surface area contributed by atoms with Gasteiger partial charge in [-0.05, 0) is 40.2 Å². The molecule has 1 aliphatic rings. The van der Waals surface area contributed by atoms with E-state index in [9.17, 15) is 13.6 Å². The number of piperazine rings is 1. The van der Waals surface area contributed by atoms with Gasteiger partial charge in [-0.2, -0.15) is 0 Å². The molecular weight excluding hydrogens is 386 g/mol. The van der Waals surface area contributed by atoms with Gasteiger partial charge in [-0.15, -0.1) is 11.3 Å². The molecule has 122 valence electrons. The smallest absolute Gasteiger partial charge is 0.256 e. The van der Waals surface area contributed by atoms with E-state index in [0.717, 1.165) is 35.6 Å². The van der Waals surface area contributed by atoms with Crippen molar-refractivity contribution in [3.05, 3.63) is 56.2 Å². The van der Waals surface area contributed by atoms with Gasteiger partial charge in [0.25, 0.3) is 5.91 Å². The first-order chi connectivity index (χ1) is 11.0. The molecule has 7 heteroatoms. The average molecular weight is 401 g/mol. The SMILES string of the molecule is O=C(c1ccc(F)cc1F)N1CCN(Cc2ccc(Br)s2)CC1. The van der Waals surface area contributed by atoms with Crippen LogP contribution in [0.3, 0.4) is 0 Å². The first-order valence-electron chi connectivity index (χ1n) is 7.24. The van der Waals surface area contributed by atoms with Crippen molar-refractivity contribution in [3.63, 3.8) is 0 Å². The first-order valence-corrected chi connectivity index (χ1v) is 8.85. The van der Waals surface area contributed by atoms with Crippen LogP contribution in [0.25, 0.3) is 0 Å². The summed E-state index contributed by atoms with van der Waals surface area (Å²) >= 11 is 5.15. The highest BCUT2D eigenvalue weighted by atomic mass is 79.9. The summed E-state index contributed by atoms with van der Waals surface area (Å²) in [6, 6.07) is 7.18. The largest absolute Gasteiger partial charge is 0.336 e. The molecule has 2 aromatic rings. The normalized spacial score (nSPS) is 15.9. The lowest BCUT2D eigenvalue weighted by Gasteiger charge is -2.34. The van der Waals surface area contributed by atoms with E-state index in [0.29, 0.717) is 13.1 Å². The fourth-order valence-electron chi connectivity index (χ4n) is 2.60. The quantitative estimate of drug-likeness (QED) is 0.783. The zero-order chi connectivity index (χ0) is 16.4. The summed E-state index contributed by atoms with van der Waals surface area (Å²) < 4.78 is 27.8. The molecule has 0 saturated carbocycles. The van der Waals surface area contributed by atoms with Crippen molar-refractivity contribution in [3.8, 4) is 0 Å². The van der Waals surface area contributed by atoms with Crippen molar-refractivity contribution in [1.82, 2.24) is 9.80 Å². The van der Waals surface area contributed by atoms with E-state index in [2.05, 4.69) is 26.9 Å². The number of amides is 1. The summed E-state index contributed by atoms with van der Waals surface area (Å²) in [4.78, 5) is 17.5. The van der Waals surface area contributed by atoms with Crippen LogP contribution in [0.15, 0.2) is 34.1 Å². The van der Waals surface area contributed by atoms with Crippen molar-refractivity contribution in [2.24, 2.45) is 0 Å². The summed E-state index contributed by atoms with van der Waals surface area (Å²) in [5, 5.41) is 0. The number of hydrogen-bond donors (Lipinski definition) is 0. The van der Waals surface area contributed by atoms with E-state index in [1.54, 1.807) is 16.2 Å². The molecule has 3 rings (SSSR count). The first kappa shape index (κ1) is 16.5. The van der Waals surface area contributed by atoms with Gasteiger partial charge >= 0.3 is 0 Å². The van der Waals surface area contributed by atoms with Gasteiger partial charge in [0.2, 0.25) is 0 Å². The molecule has 1 fully saturated rings. The van der Waals surface area contributed by atoms with Crippen LogP contribution in [0, 0.1) is 11.6 Å². The second kappa shape index (κ2) is 7.07. The van der Waals surface area contributed by atoms with Crippen molar-refractivity contribution in [2.75, 3.05) is 26.2 Å². The maximum Gasteiger partial charge on any atom is 0.256 e. The number of halogens is 3. The Morgan fingerprint density at radius 2 is 1.87 bits per heavy atom. The number of benzene rings is 1. The van der Waals surface area contributed by atoms with Crippen molar-refractivity contribution in [2.45, 2.75) is 6.54 Å². The zero-order valence-corrected chi connectivity index (χ0v) is 14.7. The Morgan fingerprint density at radius 1 is 1.13 bits per heavy atom. The van der Waals surface area contributed by atoms with Crippen LogP contribution >= 0.6 is 27.3 Å². The van der Waals surface area contributed by atoms with E-state index in [4.69, 9.17) is 0 Å². The molecule has 3 nitrogen and oxygen atoms in total. The molecule has 0 radical (unpaired) electrons. The molecule has 0 atom stereocenters. The molecule has 1 saturated heterocycles. The minimum absolute atomic E-state index is 0.0676. The second-order valence-electron chi connectivity index (χ2n) is 5.40. The van der Waals surface area contributed by atoms with Gasteiger partial charge in [-0.25, -0.2) is 8.78 Å². The van der Waals surface area contributed by atoms with Crippen molar-refractivity contribution < 1.29 is 13.6 Å². The van der Waals surface area contributed by atoms with Gasteiger partial charge in [0.15, 0.2) is 0 Å². The number of carbonyl (C=O) groups excluding carboxylic acids is 1. The lowest BCUT2D eigenvalue weighted by molar-refractivity contribution is 0.0625. The van der Waals surface area contributed by atoms with Gasteiger partial charge in [-0.1, -0.05) is 0 Å². The average Bonchev–Trinajstić information content (AvgIpc) is 2.92. The van der Waals surface area contributed by atoms with Crippen molar-refractivity contribution in [1.29, 1.82) is 0 Å². The Labute approximate surface area is 145 Å². The number of nitrogens with zero attached hydrogens (tertiary/aromatic N) is 2. The van der Waals surface area contributed by atoms with Crippen LogP contribution in [-0.2, 0) is 6.54 Å². The van der Waals surface area contributed by atoms with Crippen LogP contribution in [0.1, 0.15) is 15.2 Å². The van der Waals surface area contributed by atoms with E-state index in [1.165, 1.54) is 10.9 Å². The van der Waals surface area contributed by atoms with Gasteiger partial charge in [0, 0.05) is 43.7 Å². The Balaban J connectivity index is 1.59. The van der Waals surface area contributed by atoms with Gasteiger partial charge in [0.1, 0.15) is 11.6 Å². The summed E-state index contributed by atoms with van der Waals surface area (Å²) in [6.07, 6.45) is 0. The summed E-state index contributed by atoms with van der Waals surface area (Å²) in [5.41, 5.74) is -0.0676. The Bertz CT molecular complexity index is 714. The fraction of sp³-hybridized carbons (Fsp3) is 0.312. The highest BCUT2D eigenvalue weighted by Crippen LogP contribution is 2.24.